The maximum absolute atomic E-state index is 13.4. The first-order valence-corrected chi connectivity index (χ1v) is 11.1. The number of piperidine rings is 1. The highest BCUT2D eigenvalue weighted by atomic mass is 16.5. The van der Waals surface area contributed by atoms with Crippen molar-refractivity contribution in [3.8, 4) is 11.5 Å². The molecule has 30 heavy (non-hydrogen) atoms. The number of carbonyl (C=O) groups is 2. The SMILES string of the molecule is COc1ccc2c(c1)OC1(CCN(C)CC1)CN(CC(=O)NC1CCCCC1)C2=O. The van der Waals surface area contributed by atoms with Crippen LogP contribution >= 0.6 is 0 Å². The topological polar surface area (TPSA) is 71.1 Å². The molecule has 2 heterocycles. The van der Waals surface area contributed by atoms with Gasteiger partial charge in [-0.3, -0.25) is 9.59 Å². The number of rotatable bonds is 4. The number of hydrogen-bond acceptors (Lipinski definition) is 5. The molecule has 7 heteroatoms. The van der Waals surface area contributed by atoms with E-state index in [0.717, 1.165) is 51.6 Å². The summed E-state index contributed by atoms with van der Waals surface area (Å²) in [6.45, 7) is 2.29. The zero-order chi connectivity index (χ0) is 21.1. The zero-order valence-electron chi connectivity index (χ0n) is 18.1. The summed E-state index contributed by atoms with van der Waals surface area (Å²) in [7, 11) is 3.70. The molecular weight excluding hydrogens is 382 g/mol. The van der Waals surface area contributed by atoms with Crippen molar-refractivity contribution in [2.75, 3.05) is 40.3 Å². The number of methoxy groups -OCH3 is 1. The van der Waals surface area contributed by atoms with Crippen molar-refractivity contribution in [2.45, 2.75) is 56.6 Å². The fourth-order valence-electron chi connectivity index (χ4n) is 4.85. The van der Waals surface area contributed by atoms with Crippen LogP contribution in [0, 0.1) is 0 Å². The fraction of sp³-hybridized carbons (Fsp3) is 0.652. The van der Waals surface area contributed by atoms with E-state index in [9.17, 15) is 9.59 Å². The Morgan fingerprint density at radius 3 is 2.67 bits per heavy atom. The molecule has 1 aliphatic carbocycles. The van der Waals surface area contributed by atoms with Crippen LogP contribution in [-0.2, 0) is 4.79 Å². The lowest BCUT2D eigenvalue weighted by Gasteiger charge is -2.41. The predicted molar refractivity (Wildman–Crippen MR) is 114 cm³/mol. The summed E-state index contributed by atoms with van der Waals surface area (Å²) < 4.78 is 11.9. The van der Waals surface area contributed by atoms with Gasteiger partial charge < -0.3 is 24.6 Å². The number of likely N-dealkylation sites (tertiary alicyclic amines) is 1. The minimum Gasteiger partial charge on any atom is -0.497 e. The number of hydrogen-bond donors (Lipinski definition) is 1. The molecule has 0 aromatic heterocycles. The lowest BCUT2D eigenvalue weighted by Crippen LogP contribution is -2.55. The molecule has 164 valence electrons. The number of nitrogens with zero attached hydrogens (tertiary/aromatic N) is 2. The standard InChI is InChI=1S/C23H33N3O4/c1-25-12-10-23(11-13-25)16-26(15-21(27)24-17-6-4-3-5-7-17)22(28)19-9-8-18(29-2)14-20(19)30-23/h8-9,14,17H,3-7,10-13,15-16H2,1-2H3,(H,24,27). The van der Waals surface area contributed by atoms with Crippen molar-refractivity contribution in [2.24, 2.45) is 0 Å². The Morgan fingerprint density at radius 2 is 1.97 bits per heavy atom. The van der Waals surface area contributed by atoms with Crippen LogP contribution in [0.15, 0.2) is 18.2 Å². The summed E-state index contributed by atoms with van der Waals surface area (Å²) in [6, 6.07) is 5.54. The Bertz CT molecular complexity index is 783. The van der Waals surface area contributed by atoms with Crippen LogP contribution < -0.4 is 14.8 Å². The maximum Gasteiger partial charge on any atom is 0.258 e. The van der Waals surface area contributed by atoms with E-state index < -0.39 is 5.60 Å². The van der Waals surface area contributed by atoms with E-state index in [2.05, 4.69) is 17.3 Å². The molecule has 0 unspecified atom stereocenters. The molecule has 0 atom stereocenters. The van der Waals surface area contributed by atoms with Crippen molar-refractivity contribution < 1.29 is 19.1 Å². The van der Waals surface area contributed by atoms with Gasteiger partial charge in [-0.25, -0.2) is 0 Å². The molecule has 1 saturated carbocycles. The van der Waals surface area contributed by atoms with E-state index in [1.165, 1.54) is 6.42 Å². The molecule has 0 radical (unpaired) electrons. The smallest absolute Gasteiger partial charge is 0.258 e. The minimum atomic E-state index is -0.481. The van der Waals surface area contributed by atoms with Crippen molar-refractivity contribution in [1.29, 1.82) is 0 Å². The summed E-state index contributed by atoms with van der Waals surface area (Å²) in [5.74, 6) is 0.991. The predicted octanol–water partition coefficient (Wildman–Crippen LogP) is 2.44. The van der Waals surface area contributed by atoms with E-state index in [-0.39, 0.29) is 24.4 Å². The summed E-state index contributed by atoms with van der Waals surface area (Å²) in [5.41, 5.74) is 0.0160. The van der Waals surface area contributed by atoms with Gasteiger partial charge in [-0.2, -0.15) is 0 Å². The molecular formula is C23H33N3O4. The molecule has 0 bridgehead atoms. The molecule has 1 aromatic carbocycles. The van der Waals surface area contributed by atoms with E-state index in [4.69, 9.17) is 9.47 Å². The Kier molecular flexibility index (Phi) is 6.18. The van der Waals surface area contributed by atoms with Gasteiger partial charge in [-0.05, 0) is 32.0 Å². The van der Waals surface area contributed by atoms with Crippen molar-refractivity contribution in [3.63, 3.8) is 0 Å². The Balaban J connectivity index is 1.56. The third kappa shape index (κ3) is 4.56. The number of fused-ring (bicyclic) bond motifs is 1. The average Bonchev–Trinajstić information content (AvgIpc) is 2.85. The number of amides is 2. The second-order valence-corrected chi connectivity index (χ2v) is 9.01. The molecule has 2 amide bonds. The summed E-state index contributed by atoms with van der Waals surface area (Å²) in [5, 5.41) is 3.15. The van der Waals surface area contributed by atoms with Crippen LogP contribution in [0.4, 0.5) is 0 Å². The van der Waals surface area contributed by atoms with Crippen LogP contribution in [0.5, 0.6) is 11.5 Å². The van der Waals surface area contributed by atoms with Gasteiger partial charge in [0.15, 0.2) is 0 Å². The van der Waals surface area contributed by atoms with Crippen LogP contribution in [0.1, 0.15) is 55.3 Å². The normalized spacial score (nSPS) is 22.2. The van der Waals surface area contributed by atoms with Crippen LogP contribution in [0.2, 0.25) is 0 Å². The van der Waals surface area contributed by atoms with Gasteiger partial charge in [0.2, 0.25) is 5.91 Å². The summed E-state index contributed by atoms with van der Waals surface area (Å²) >= 11 is 0. The summed E-state index contributed by atoms with van der Waals surface area (Å²) in [6.07, 6.45) is 7.25. The lowest BCUT2D eigenvalue weighted by atomic mass is 9.90. The first kappa shape index (κ1) is 21.0. The highest BCUT2D eigenvalue weighted by molar-refractivity contribution is 5.99. The monoisotopic (exact) mass is 415 g/mol. The van der Waals surface area contributed by atoms with Crippen LogP contribution in [0.3, 0.4) is 0 Å². The van der Waals surface area contributed by atoms with Crippen LogP contribution in [-0.4, -0.2) is 73.6 Å². The molecule has 3 aliphatic rings. The van der Waals surface area contributed by atoms with Crippen molar-refractivity contribution in [3.05, 3.63) is 23.8 Å². The molecule has 2 aliphatic heterocycles. The zero-order valence-corrected chi connectivity index (χ0v) is 18.1. The van der Waals surface area contributed by atoms with Gasteiger partial charge in [0.1, 0.15) is 23.6 Å². The third-order valence-corrected chi connectivity index (χ3v) is 6.71. The number of carbonyl (C=O) groups excluding carboxylic acids is 2. The Morgan fingerprint density at radius 1 is 1.23 bits per heavy atom. The molecule has 1 spiro atoms. The summed E-state index contributed by atoms with van der Waals surface area (Å²) in [4.78, 5) is 30.1. The van der Waals surface area contributed by atoms with E-state index >= 15 is 0 Å². The van der Waals surface area contributed by atoms with Crippen molar-refractivity contribution >= 4 is 11.8 Å². The first-order chi connectivity index (χ1) is 14.5. The molecule has 1 aromatic rings. The van der Waals surface area contributed by atoms with E-state index in [1.807, 2.05) is 0 Å². The molecule has 4 rings (SSSR count). The van der Waals surface area contributed by atoms with Gasteiger partial charge in [0, 0.05) is 38.0 Å². The van der Waals surface area contributed by atoms with Gasteiger partial charge >= 0.3 is 0 Å². The van der Waals surface area contributed by atoms with Gasteiger partial charge in [0.25, 0.3) is 5.91 Å². The van der Waals surface area contributed by atoms with E-state index in [0.29, 0.717) is 23.6 Å². The van der Waals surface area contributed by atoms with Crippen LogP contribution in [0.25, 0.3) is 0 Å². The molecule has 2 fully saturated rings. The molecule has 1 N–H and O–H groups in total. The Hall–Kier alpha value is -2.28. The quantitative estimate of drug-likeness (QED) is 0.818. The van der Waals surface area contributed by atoms with Gasteiger partial charge in [-0.1, -0.05) is 19.3 Å². The minimum absolute atomic E-state index is 0.0712. The third-order valence-electron chi connectivity index (χ3n) is 6.71. The second kappa shape index (κ2) is 8.84. The van der Waals surface area contributed by atoms with E-state index in [1.54, 1.807) is 30.2 Å². The number of benzene rings is 1. The highest BCUT2D eigenvalue weighted by Crippen LogP contribution is 2.37. The fourth-order valence-corrected chi connectivity index (χ4v) is 4.85. The number of ether oxygens (including phenoxy) is 2. The highest BCUT2D eigenvalue weighted by Gasteiger charge is 2.43. The Labute approximate surface area is 178 Å². The molecule has 7 nitrogen and oxygen atoms in total. The molecule has 1 saturated heterocycles. The van der Waals surface area contributed by atoms with Gasteiger partial charge in [-0.15, -0.1) is 0 Å². The first-order valence-electron chi connectivity index (χ1n) is 11.1. The second-order valence-electron chi connectivity index (χ2n) is 9.01. The number of nitrogens with one attached hydrogen (secondary N) is 1. The lowest BCUT2D eigenvalue weighted by molar-refractivity contribution is -0.123. The van der Waals surface area contributed by atoms with Crippen molar-refractivity contribution in [1.82, 2.24) is 15.1 Å². The largest absolute Gasteiger partial charge is 0.497 e. The van der Waals surface area contributed by atoms with Gasteiger partial charge in [0.05, 0.1) is 19.2 Å². The maximum atomic E-state index is 13.4. The average molecular weight is 416 g/mol.